The standard InChI is InChI=1S/C15H16ClN5O/c1-3-13-19-15-17-9(2)10(8-21(15)20-13)14(22)18-12-7-5-4-6-11(12)16/h4-7H,3,8H2,1-2H3,(H,18,22)(H,17,19,20). The number of hydrogen-bond donors (Lipinski definition) is 2. The molecular weight excluding hydrogens is 302 g/mol. The van der Waals surface area contributed by atoms with E-state index in [0.717, 1.165) is 17.9 Å². The number of aromatic nitrogens is 3. The summed E-state index contributed by atoms with van der Waals surface area (Å²) < 4.78 is 1.70. The van der Waals surface area contributed by atoms with Crippen LogP contribution in [0.1, 0.15) is 19.7 Å². The number of benzene rings is 1. The maximum atomic E-state index is 12.5. The van der Waals surface area contributed by atoms with Crippen LogP contribution >= 0.6 is 11.6 Å². The lowest BCUT2D eigenvalue weighted by atomic mass is 10.1. The van der Waals surface area contributed by atoms with Crippen molar-refractivity contribution >= 4 is 29.1 Å². The first-order valence-corrected chi connectivity index (χ1v) is 7.42. The summed E-state index contributed by atoms with van der Waals surface area (Å²) in [6.45, 7) is 4.23. The third-order valence-electron chi connectivity index (χ3n) is 3.49. The number of halogens is 1. The third-order valence-corrected chi connectivity index (χ3v) is 3.82. The second kappa shape index (κ2) is 5.81. The number of carbonyl (C=O) groups excluding carboxylic acids is 1. The summed E-state index contributed by atoms with van der Waals surface area (Å²) in [7, 11) is 0. The fourth-order valence-electron chi connectivity index (χ4n) is 2.26. The fraction of sp³-hybridized carbons (Fsp3) is 0.267. The third kappa shape index (κ3) is 2.69. The molecule has 1 aliphatic heterocycles. The zero-order chi connectivity index (χ0) is 15.7. The van der Waals surface area contributed by atoms with Crippen molar-refractivity contribution < 1.29 is 4.79 Å². The van der Waals surface area contributed by atoms with E-state index in [2.05, 4.69) is 20.7 Å². The molecule has 2 N–H and O–H groups in total. The first-order chi connectivity index (χ1) is 10.6. The summed E-state index contributed by atoms with van der Waals surface area (Å²) in [5, 5.41) is 10.8. The van der Waals surface area contributed by atoms with Crippen LogP contribution in [-0.2, 0) is 17.8 Å². The zero-order valence-electron chi connectivity index (χ0n) is 12.4. The van der Waals surface area contributed by atoms with Gasteiger partial charge in [0, 0.05) is 12.1 Å². The minimum absolute atomic E-state index is 0.197. The highest BCUT2D eigenvalue weighted by Crippen LogP contribution is 2.24. The summed E-state index contributed by atoms with van der Waals surface area (Å²) in [5.41, 5.74) is 1.97. The van der Waals surface area contributed by atoms with Gasteiger partial charge in [0.15, 0.2) is 5.82 Å². The lowest BCUT2D eigenvalue weighted by Gasteiger charge is -2.19. The number of allylic oxidation sites excluding steroid dienone is 1. The second-order valence-corrected chi connectivity index (χ2v) is 5.43. The smallest absolute Gasteiger partial charge is 0.255 e. The number of aryl methyl sites for hydroxylation is 1. The molecule has 3 rings (SSSR count). The van der Waals surface area contributed by atoms with Crippen LogP contribution in [0.3, 0.4) is 0 Å². The van der Waals surface area contributed by atoms with Gasteiger partial charge >= 0.3 is 0 Å². The van der Waals surface area contributed by atoms with E-state index >= 15 is 0 Å². The average molecular weight is 318 g/mol. The molecule has 1 aliphatic rings. The minimum Gasteiger partial charge on any atom is -0.328 e. The highest BCUT2D eigenvalue weighted by Gasteiger charge is 2.23. The lowest BCUT2D eigenvalue weighted by Crippen LogP contribution is -2.26. The molecule has 0 unspecified atom stereocenters. The highest BCUT2D eigenvalue weighted by molar-refractivity contribution is 6.33. The molecule has 0 bridgehead atoms. The van der Waals surface area contributed by atoms with E-state index in [9.17, 15) is 4.79 Å². The van der Waals surface area contributed by atoms with E-state index in [1.54, 1.807) is 16.8 Å². The summed E-state index contributed by atoms with van der Waals surface area (Å²) >= 11 is 6.07. The number of carbonyl (C=O) groups is 1. The molecule has 22 heavy (non-hydrogen) atoms. The monoisotopic (exact) mass is 317 g/mol. The molecule has 0 saturated carbocycles. The number of fused-ring (bicyclic) bond motifs is 1. The van der Waals surface area contributed by atoms with Gasteiger partial charge in [-0.3, -0.25) is 4.79 Å². The van der Waals surface area contributed by atoms with Crippen molar-refractivity contribution in [1.29, 1.82) is 0 Å². The van der Waals surface area contributed by atoms with Gasteiger partial charge in [0.05, 0.1) is 22.8 Å². The quantitative estimate of drug-likeness (QED) is 0.913. The molecule has 7 heteroatoms. The van der Waals surface area contributed by atoms with Crippen molar-refractivity contribution in [3.8, 4) is 0 Å². The Balaban J connectivity index is 1.82. The van der Waals surface area contributed by atoms with Gasteiger partial charge in [-0.05, 0) is 19.1 Å². The van der Waals surface area contributed by atoms with Crippen LogP contribution < -0.4 is 10.6 Å². The number of nitrogens with one attached hydrogen (secondary N) is 2. The van der Waals surface area contributed by atoms with Gasteiger partial charge in [0.25, 0.3) is 5.91 Å². The molecular formula is C15H16ClN5O. The van der Waals surface area contributed by atoms with Crippen LogP contribution in [0.4, 0.5) is 11.6 Å². The lowest BCUT2D eigenvalue weighted by molar-refractivity contribution is -0.113. The van der Waals surface area contributed by atoms with E-state index in [4.69, 9.17) is 11.6 Å². The molecule has 1 aromatic heterocycles. The molecule has 6 nitrogen and oxygen atoms in total. The maximum absolute atomic E-state index is 12.5. The number of nitrogens with zero attached hydrogens (tertiary/aromatic N) is 3. The molecule has 0 saturated heterocycles. The highest BCUT2D eigenvalue weighted by atomic mass is 35.5. The first kappa shape index (κ1) is 14.6. The van der Waals surface area contributed by atoms with Crippen molar-refractivity contribution in [1.82, 2.24) is 14.8 Å². The Morgan fingerprint density at radius 1 is 1.45 bits per heavy atom. The Hall–Kier alpha value is -2.34. The molecule has 0 spiro atoms. The second-order valence-electron chi connectivity index (χ2n) is 5.03. The van der Waals surface area contributed by atoms with Crippen LogP contribution in [-0.4, -0.2) is 20.7 Å². The molecule has 0 radical (unpaired) electrons. The van der Waals surface area contributed by atoms with Gasteiger partial charge in [-0.15, -0.1) is 0 Å². The topological polar surface area (TPSA) is 71.8 Å². The number of anilines is 2. The number of amides is 1. The van der Waals surface area contributed by atoms with Crippen LogP contribution in [0.5, 0.6) is 0 Å². The fourth-order valence-corrected chi connectivity index (χ4v) is 2.44. The van der Waals surface area contributed by atoms with E-state index in [-0.39, 0.29) is 5.91 Å². The normalized spacial score (nSPS) is 13.6. The van der Waals surface area contributed by atoms with Crippen LogP contribution in [0.2, 0.25) is 5.02 Å². The van der Waals surface area contributed by atoms with Crippen molar-refractivity contribution in [3.05, 3.63) is 46.4 Å². The summed E-state index contributed by atoms with van der Waals surface area (Å²) in [6, 6.07) is 7.15. The summed E-state index contributed by atoms with van der Waals surface area (Å²) in [4.78, 5) is 16.9. The van der Waals surface area contributed by atoms with Gasteiger partial charge < -0.3 is 10.6 Å². The van der Waals surface area contributed by atoms with Crippen molar-refractivity contribution in [2.45, 2.75) is 26.8 Å². The SMILES string of the molecule is CCc1nc2n(n1)CC(C(=O)Nc1ccccc1Cl)=C(C)N2. The average Bonchev–Trinajstić information content (AvgIpc) is 2.90. The molecule has 0 fully saturated rings. The maximum Gasteiger partial charge on any atom is 0.255 e. The van der Waals surface area contributed by atoms with Crippen LogP contribution in [0, 0.1) is 0 Å². The molecule has 0 atom stereocenters. The number of rotatable bonds is 3. The van der Waals surface area contributed by atoms with E-state index in [0.29, 0.717) is 28.8 Å². The molecule has 2 heterocycles. The molecule has 1 aromatic carbocycles. The Morgan fingerprint density at radius 3 is 2.95 bits per heavy atom. The van der Waals surface area contributed by atoms with E-state index in [1.807, 2.05) is 26.0 Å². The molecule has 1 amide bonds. The Labute approximate surface area is 133 Å². The molecule has 0 aliphatic carbocycles. The minimum atomic E-state index is -0.197. The Kier molecular flexibility index (Phi) is 3.85. The zero-order valence-corrected chi connectivity index (χ0v) is 13.1. The first-order valence-electron chi connectivity index (χ1n) is 7.05. The van der Waals surface area contributed by atoms with Crippen LogP contribution in [0.15, 0.2) is 35.5 Å². The van der Waals surface area contributed by atoms with Gasteiger partial charge in [0.2, 0.25) is 5.95 Å². The predicted octanol–water partition coefficient (Wildman–Crippen LogP) is 2.83. The van der Waals surface area contributed by atoms with Crippen molar-refractivity contribution in [2.24, 2.45) is 0 Å². The summed E-state index contributed by atoms with van der Waals surface area (Å²) in [5.74, 6) is 1.23. The van der Waals surface area contributed by atoms with Crippen molar-refractivity contribution in [2.75, 3.05) is 10.6 Å². The Bertz CT molecular complexity index is 765. The predicted molar refractivity (Wildman–Crippen MR) is 85.8 cm³/mol. The number of para-hydroxylation sites is 1. The van der Waals surface area contributed by atoms with Gasteiger partial charge in [-0.25, -0.2) is 4.68 Å². The largest absolute Gasteiger partial charge is 0.328 e. The van der Waals surface area contributed by atoms with Gasteiger partial charge in [-0.1, -0.05) is 30.7 Å². The van der Waals surface area contributed by atoms with Gasteiger partial charge in [0.1, 0.15) is 0 Å². The number of hydrogen-bond acceptors (Lipinski definition) is 4. The van der Waals surface area contributed by atoms with E-state index in [1.165, 1.54) is 0 Å². The van der Waals surface area contributed by atoms with Crippen LogP contribution in [0.25, 0.3) is 0 Å². The van der Waals surface area contributed by atoms with E-state index < -0.39 is 0 Å². The summed E-state index contributed by atoms with van der Waals surface area (Å²) in [6.07, 6.45) is 0.752. The van der Waals surface area contributed by atoms with Gasteiger partial charge in [-0.2, -0.15) is 10.1 Å². The molecule has 2 aromatic rings. The Morgan fingerprint density at radius 2 is 2.23 bits per heavy atom. The molecule has 114 valence electrons. The van der Waals surface area contributed by atoms with Crippen molar-refractivity contribution in [3.63, 3.8) is 0 Å².